The molecule has 3 aromatic carbocycles. The number of thioether (sulfide) groups is 1. The Morgan fingerprint density at radius 1 is 0.857 bits per heavy atom. The van der Waals surface area contributed by atoms with E-state index in [0.717, 1.165) is 22.3 Å². The highest BCUT2D eigenvalue weighted by Gasteiger charge is 2.16. The minimum absolute atomic E-state index is 0.0827. The van der Waals surface area contributed by atoms with E-state index < -0.39 is 0 Å². The molecule has 4 rings (SSSR count). The first-order chi connectivity index (χ1) is 13.6. The Bertz CT molecular complexity index is 1170. The summed E-state index contributed by atoms with van der Waals surface area (Å²) in [7, 11) is 0. The van der Waals surface area contributed by atoms with Crippen LogP contribution >= 0.6 is 35.0 Å². The molecule has 0 N–H and O–H groups in total. The first-order valence-electron chi connectivity index (χ1n) is 8.55. The van der Waals surface area contributed by atoms with Gasteiger partial charge in [0.25, 0.3) is 0 Å². The number of Topliss-reactive ketones (excluding diaryl/α,β-unsaturated/α-hetero) is 1. The van der Waals surface area contributed by atoms with Crippen molar-refractivity contribution in [2.75, 3.05) is 5.75 Å². The summed E-state index contributed by atoms with van der Waals surface area (Å²) in [6.45, 7) is 0. The number of para-hydroxylation sites is 2. The number of hydrogen-bond donors (Lipinski definition) is 0. The Labute approximate surface area is 176 Å². The summed E-state index contributed by atoms with van der Waals surface area (Å²) in [5.41, 5.74) is 3.78. The molecule has 0 aliphatic heterocycles. The summed E-state index contributed by atoms with van der Waals surface area (Å²) in [5.74, 6) is 0.120. The van der Waals surface area contributed by atoms with Crippen molar-refractivity contribution < 1.29 is 4.79 Å². The zero-order chi connectivity index (χ0) is 19.5. The third-order valence-electron chi connectivity index (χ3n) is 4.16. The van der Waals surface area contributed by atoms with Gasteiger partial charge in [0, 0.05) is 16.1 Å². The SMILES string of the molecule is O=C(CSc1nc2ccccc2nc1-c1ccccc1)c1ccc(Cl)cc1Cl. The molecule has 0 aliphatic rings. The number of aromatic nitrogens is 2. The van der Waals surface area contributed by atoms with Gasteiger partial charge in [0.1, 0.15) is 10.7 Å². The number of halogens is 2. The van der Waals surface area contributed by atoms with Crippen LogP contribution in [0.15, 0.2) is 77.8 Å². The minimum Gasteiger partial charge on any atom is -0.293 e. The lowest BCUT2D eigenvalue weighted by Crippen LogP contribution is -2.04. The predicted molar refractivity (Wildman–Crippen MR) is 116 cm³/mol. The van der Waals surface area contributed by atoms with E-state index in [-0.39, 0.29) is 11.5 Å². The van der Waals surface area contributed by atoms with Crippen molar-refractivity contribution in [3.05, 3.63) is 88.4 Å². The molecule has 0 fully saturated rings. The van der Waals surface area contributed by atoms with Crippen LogP contribution < -0.4 is 0 Å². The second-order valence-electron chi connectivity index (χ2n) is 6.07. The Hall–Kier alpha value is -2.40. The average molecular weight is 425 g/mol. The summed E-state index contributed by atoms with van der Waals surface area (Å²) in [6.07, 6.45) is 0. The molecular weight excluding hydrogens is 411 g/mol. The highest BCUT2D eigenvalue weighted by Crippen LogP contribution is 2.31. The summed E-state index contributed by atoms with van der Waals surface area (Å²) in [5, 5.41) is 1.57. The molecule has 138 valence electrons. The molecule has 0 bridgehead atoms. The minimum atomic E-state index is -0.0827. The van der Waals surface area contributed by atoms with Crippen molar-refractivity contribution in [2.24, 2.45) is 0 Å². The van der Waals surface area contributed by atoms with Crippen molar-refractivity contribution in [1.29, 1.82) is 0 Å². The molecule has 0 aliphatic carbocycles. The molecule has 0 unspecified atom stereocenters. The standard InChI is InChI=1S/C22H14Cl2N2OS/c23-15-10-11-16(17(24)12-15)20(27)13-28-22-21(14-6-2-1-3-7-14)25-18-8-4-5-9-19(18)26-22/h1-12H,13H2. The van der Waals surface area contributed by atoms with Crippen LogP contribution in [-0.2, 0) is 0 Å². The Balaban J connectivity index is 1.68. The fraction of sp³-hybridized carbons (Fsp3) is 0.0455. The van der Waals surface area contributed by atoms with E-state index in [0.29, 0.717) is 20.6 Å². The van der Waals surface area contributed by atoms with E-state index in [4.69, 9.17) is 33.2 Å². The maximum atomic E-state index is 12.7. The lowest BCUT2D eigenvalue weighted by Gasteiger charge is -2.10. The molecule has 1 aromatic heterocycles. The van der Waals surface area contributed by atoms with Gasteiger partial charge in [-0.1, -0.05) is 77.4 Å². The van der Waals surface area contributed by atoms with Crippen LogP contribution in [0.2, 0.25) is 10.0 Å². The van der Waals surface area contributed by atoms with Gasteiger partial charge in [-0.3, -0.25) is 4.79 Å². The lowest BCUT2D eigenvalue weighted by molar-refractivity contribution is 0.102. The van der Waals surface area contributed by atoms with E-state index in [1.54, 1.807) is 18.2 Å². The number of carbonyl (C=O) groups excluding carboxylic acids is 1. The van der Waals surface area contributed by atoms with Crippen LogP contribution in [0.25, 0.3) is 22.3 Å². The van der Waals surface area contributed by atoms with Crippen LogP contribution in [0, 0.1) is 0 Å². The normalized spacial score (nSPS) is 10.9. The van der Waals surface area contributed by atoms with Gasteiger partial charge >= 0.3 is 0 Å². The largest absolute Gasteiger partial charge is 0.293 e. The summed E-state index contributed by atoms with van der Waals surface area (Å²) >= 11 is 13.4. The Kier molecular flexibility index (Phi) is 5.62. The zero-order valence-electron chi connectivity index (χ0n) is 14.6. The highest BCUT2D eigenvalue weighted by atomic mass is 35.5. The van der Waals surface area contributed by atoms with Gasteiger partial charge in [-0.25, -0.2) is 9.97 Å². The molecule has 28 heavy (non-hydrogen) atoms. The van der Waals surface area contributed by atoms with E-state index in [1.807, 2.05) is 54.6 Å². The van der Waals surface area contributed by atoms with Gasteiger partial charge < -0.3 is 0 Å². The monoisotopic (exact) mass is 424 g/mol. The quantitative estimate of drug-likeness (QED) is 0.268. The molecule has 0 spiro atoms. The van der Waals surface area contributed by atoms with E-state index >= 15 is 0 Å². The van der Waals surface area contributed by atoms with Crippen LogP contribution in [0.3, 0.4) is 0 Å². The fourth-order valence-corrected chi connectivity index (χ4v) is 4.20. The van der Waals surface area contributed by atoms with Crippen molar-refractivity contribution in [2.45, 2.75) is 5.03 Å². The second-order valence-corrected chi connectivity index (χ2v) is 7.88. The Morgan fingerprint density at radius 2 is 1.54 bits per heavy atom. The molecule has 4 aromatic rings. The molecular formula is C22H14Cl2N2OS. The van der Waals surface area contributed by atoms with Gasteiger partial charge in [-0.2, -0.15) is 0 Å². The van der Waals surface area contributed by atoms with Crippen molar-refractivity contribution in [1.82, 2.24) is 9.97 Å². The number of benzene rings is 3. The van der Waals surface area contributed by atoms with Gasteiger partial charge in [-0.15, -0.1) is 0 Å². The molecule has 0 saturated carbocycles. The maximum absolute atomic E-state index is 12.7. The van der Waals surface area contributed by atoms with Crippen LogP contribution in [-0.4, -0.2) is 21.5 Å². The third kappa shape index (κ3) is 4.04. The molecule has 3 nitrogen and oxygen atoms in total. The zero-order valence-corrected chi connectivity index (χ0v) is 16.9. The third-order valence-corrected chi connectivity index (χ3v) is 5.67. The first kappa shape index (κ1) is 18.9. The van der Waals surface area contributed by atoms with E-state index in [1.165, 1.54) is 11.8 Å². The smallest absolute Gasteiger partial charge is 0.174 e. The van der Waals surface area contributed by atoms with Crippen molar-refractivity contribution >= 4 is 51.8 Å². The van der Waals surface area contributed by atoms with Crippen molar-refractivity contribution in [3.63, 3.8) is 0 Å². The second kappa shape index (κ2) is 8.31. The molecule has 0 saturated heterocycles. The molecule has 0 radical (unpaired) electrons. The van der Waals surface area contributed by atoms with E-state index in [9.17, 15) is 4.79 Å². The van der Waals surface area contributed by atoms with Gasteiger partial charge in [0.15, 0.2) is 5.78 Å². The summed E-state index contributed by atoms with van der Waals surface area (Å²) in [6, 6.07) is 22.4. The topological polar surface area (TPSA) is 42.9 Å². The van der Waals surface area contributed by atoms with E-state index in [2.05, 4.69) is 0 Å². The van der Waals surface area contributed by atoms with Gasteiger partial charge in [0.2, 0.25) is 0 Å². The number of ketones is 1. The summed E-state index contributed by atoms with van der Waals surface area (Å²) < 4.78 is 0. The fourth-order valence-electron chi connectivity index (χ4n) is 2.80. The number of rotatable bonds is 5. The average Bonchev–Trinajstić information content (AvgIpc) is 2.72. The predicted octanol–water partition coefficient (Wildman–Crippen LogP) is 6.58. The summed E-state index contributed by atoms with van der Waals surface area (Å²) in [4.78, 5) is 22.2. The number of nitrogens with zero attached hydrogens (tertiary/aromatic N) is 2. The highest BCUT2D eigenvalue weighted by molar-refractivity contribution is 8.00. The maximum Gasteiger partial charge on any atom is 0.174 e. The van der Waals surface area contributed by atoms with Gasteiger partial charge in [0.05, 0.1) is 21.8 Å². The van der Waals surface area contributed by atoms with Crippen molar-refractivity contribution in [3.8, 4) is 11.3 Å². The number of fused-ring (bicyclic) bond motifs is 1. The first-order valence-corrected chi connectivity index (χ1v) is 10.3. The molecule has 0 atom stereocenters. The molecule has 0 amide bonds. The van der Waals surface area contributed by atoms with Crippen LogP contribution in [0.4, 0.5) is 0 Å². The number of carbonyl (C=O) groups is 1. The van der Waals surface area contributed by atoms with Crippen LogP contribution in [0.1, 0.15) is 10.4 Å². The lowest BCUT2D eigenvalue weighted by atomic mass is 10.1. The Morgan fingerprint density at radius 3 is 2.25 bits per heavy atom. The van der Waals surface area contributed by atoms with Crippen LogP contribution in [0.5, 0.6) is 0 Å². The molecule has 1 heterocycles. The van der Waals surface area contributed by atoms with Gasteiger partial charge in [-0.05, 0) is 30.3 Å². The molecule has 6 heteroatoms. The number of hydrogen-bond acceptors (Lipinski definition) is 4.